The van der Waals surface area contributed by atoms with Crippen molar-refractivity contribution < 1.29 is 4.74 Å². The second kappa shape index (κ2) is 6.72. The minimum Gasteiger partial charge on any atom is -0.494 e. The number of nitrogens with zero attached hydrogens (tertiary/aromatic N) is 1. The summed E-state index contributed by atoms with van der Waals surface area (Å²) in [6.07, 6.45) is 0.624. The van der Waals surface area contributed by atoms with E-state index >= 15 is 0 Å². The molecule has 0 aliphatic rings. The Labute approximate surface area is 115 Å². The average molecular weight is 275 g/mol. The summed E-state index contributed by atoms with van der Waals surface area (Å²) in [6.45, 7) is 1.38. The van der Waals surface area contributed by atoms with Crippen molar-refractivity contribution in [3.8, 4) is 5.75 Å². The van der Waals surface area contributed by atoms with Gasteiger partial charge in [0.25, 0.3) is 11.1 Å². The van der Waals surface area contributed by atoms with Gasteiger partial charge in [0.05, 0.1) is 6.61 Å². The van der Waals surface area contributed by atoms with Gasteiger partial charge in [-0.2, -0.15) is 0 Å². The van der Waals surface area contributed by atoms with Crippen molar-refractivity contribution in [1.82, 2.24) is 9.78 Å². The van der Waals surface area contributed by atoms with Gasteiger partial charge in [-0.3, -0.25) is 19.4 Å². The fourth-order valence-electron chi connectivity index (χ4n) is 1.76. The Morgan fingerprint density at radius 2 is 1.85 bits per heavy atom. The molecule has 2 rings (SSSR count). The van der Waals surface area contributed by atoms with Crippen molar-refractivity contribution in [3.63, 3.8) is 0 Å². The summed E-state index contributed by atoms with van der Waals surface area (Å²) in [5.74, 6) is 0.760. The molecular formula is C14H17N3O3. The predicted molar refractivity (Wildman–Crippen MR) is 75.8 cm³/mol. The molecule has 1 aromatic carbocycles. The van der Waals surface area contributed by atoms with E-state index in [-0.39, 0.29) is 11.1 Å². The zero-order valence-corrected chi connectivity index (χ0v) is 11.0. The van der Waals surface area contributed by atoms with Crippen LogP contribution in [0.25, 0.3) is 0 Å². The van der Waals surface area contributed by atoms with Gasteiger partial charge in [-0.05, 0) is 17.7 Å². The zero-order chi connectivity index (χ0) is 14.4. The van der Waals surface area contributed by atoms with E-state index in [1.165, 1.54) is 16.8 Å². The summed E-state index contributed by atoms with van der Waals surface area (Å²) in [5.41, 5.74) is 6.04. The number of hydrogen-bond donors (Lipinski definition) is 2. The van der Waals surface area contributed by atoms with Gasteiger partial charge in [0.1, 0.15) is 5.75 Å². The number of rotatable bonds is 6. The summed E-state index contributed by atoms with van der Waals surface area (Å²) in [4.78, 5) is 22.5. The number of nitrogens with two attached hydrogens (primary N) is 1. The second-order valence-corrected chi connectivity index (χ2v) is 4.35. The van der Waals surface area contributed by atoms with Gasteiger partial charge in [-0.1, -0.05) is 12.1 Å². The van der Waals surface area contributed by atoms with E-state index in [2.05, 4.69) is 5.10 Å². The van der Waals surface area contributed by atoms with Crippen LogP contribution in [0, 0.1) is 0 Å². The fraction of sp³-hybridized carbons (Fsp3) is 0.286. The van der Waals surface area contributed by atoms with Gasteiger partial charge >= 0.3 is 0 Å². The first kappa shape index (κ1) is 14.1. The number of ether oxygens (including phenoxy) is 1. The van der Waals surface area contributed by atoms with E-state index in [1.54, 1.807) is 0 Å². The number of aromatic nitrogens is 2. The summed E-state index contributed by atoms with van der Waals surface area (Å²) >= 11 is 0. The Balaban J connectivity index is 1.82. The number of nitrogens with one attached hydrogen (secondary N) is 1. The van der Waals surface area contributed by atoms with Gasteiger partial charge in [-0.15, -0.1) is 0 Å². The maximum absolute atomic E-state index is 11.4. The highest BCUT2D eigenvalue weighted by Gasteiger charge is 1.98. The molecule has 0 spiro atoms. The van der Waals surface area contributed by atoms with Crippen LogP contribution in [-0.4, -0.2) is 16.4 Å². The molecule has 20 heavy (non-hydrogen) atoms. The van der Waals surface area contributed by atoms with Crippen LogP contribution in [0.1, 0.15) is 12.0 Å². The first-order chi connectivity index (χ1) is 9.69. The molecule has 0 aliphatic carbocycles. The second-order valence-electron chi connectivity index (χ2n) is 4.35. The third-order valence-corrected chi connectivity index (χ3v) is 2.84. The van der Waals surface area contributed by atoms with Crippen molar-refractivity contribution in [3.05, 3.63) is 62.7 Å². The van der Waals surface area contributed by atoms with Gasteiger partial charge < -0.3 is 10.5 Å². The molecule has 0 amide bonds. The minimum atomic E-state index is -0.289. The number of aromatic amines is 1. The van der Waals surface area contributed by atoms with Crippen molar-refractivity contribution in [2.75, 3.05) is 6.61 Å². The molecule has 2 aromatic rings. The van der Waals surface area contributed by atoms with E-state index < -0.39 is 0 Å². The van der Waals surface area contributed by atoms with Gasteiger partial charge in [-0.25, -0.2) is 0 Å². The highest BCUT2D eigenvalue weighted by molar-refractivity contribution is 5.26. The van der Waals surface area contributed by atoms with Crippen LogP contribution in [-0.2, 0) is 13.1 Å². The van der Waals surface area contributed by atoms with Gasteiger partial charge in [0.15, 0.2) is 0 Å². The molecule has 0 aliphatic heterocycles. The number of aryl methyl sites for hydroxylation is 1. The van der Waals surface area contributed by atoms with Crippen molar-refractivity contribution in [2.45, 2.75) is 19.5 Å². The minimum absolute atomic E-state index is 0.225. The quantitative estimate of drug-likeness (QED) is 0.750. The molecule has 6 heteroatoms. The molecule has 0 radical (unpaired) electrons. The smallest absolute Gasteiger partial charge is 0.265 e. The topological polar surface area (TPSA) is 90.1 Å². The van der Waals surface area contributed by atoms with Crippen LogP contribution < -0.4 is 21.6 Å². The molecule has 0 saturated heterocycles. The number of benzene rings is 1. The maximum Gasteiger partial charge on any atom is 0.265 e. The van der Waals surface area contributed by atoms with Crippen LogP contribution in [0.3, 0.4) is 0 Å². The molecule has 1 aromatic heterocycles. The first-order valence-corrected chi connectivity index (χ1v) is 6.41. The molecular weight excluding hydrogens is 258 g/mol. The average Bonchev–Trinajstić information content (AvgIpc) is 2.47. The normalized spacial score (nSPS) is 10.4. The molecule has 1 heterocycles. The Kier molecular flexibility index (Phi) is 4.73. The lowest BCUT2D eigenvalue weighted by Crippen LogP contribution is -2.28. The van der Waals surface area contributed by atoms with Crippen molar-refractivity contribution in [2.24, 2.45) is 5.73 Å². The van der Waals surface area contributed by atoms with E-state index in [0.29, 0.717) is 26.1 Å². The summed E-state index contributed by atoms with van der Waals surface area (Å²) in [6, 6.07) is 10.0. The molecule has 6 nitrogen and oxygen atoms in total. The zero-order valence-electron chi connectivity index (χ0n) is 11.0. The van der Waals surface area contributed by atoms with Crippen LogP contribution in [0.15, 0.2) is 46.0 Å². The highest BCUT2D eigenvalue weighted by Crippen LogP contribution is 2.11. The lowest BCUT2D eigenvalue weighted by Gasteiger charge is -2.08. The van der Waals surface area contributed by atoms with Gasteiger partial charge in [0.2, 0.25) is 0 Å². The third-order valence-electron chi connectivity index (χ3n) is 2.84. The van der Waals surface area contributed by atoms with E-state index in [1.807, 2.05) is 24.3 Å². The van der Waals surface area contributed by atoms with Gasteiger partial charge in [0, 0.05) is 31.6 Å². The molecule has 3 N–H and O–H groups in total. The molecule has 0 bridgehead atoms. The summed E-state index contributed by atoms with van der Waals surface area (Å²) in [7, 11) is 0. The van der Waals surface area contributed by atoms with E-state index in [0.717, 1.165) is 11.3 Å². The van der Waals surface area contributed by atoms with Crippen LogP contribution >= 0.6 is 0 Å². The van der Waals surface area contributed by atoms with Crippen molar-refractivity contribution in [1.29, 1.82) is 0 Å². The summed E-state index contributed by atoms with van der Waals surface area (Å²) < 4.78 is 6.83. The standard InChI is InChI=1S/C14H17N3O3/c15-10-11-2-4-12(5-3-11)20-9-1-8-17-14(19)7-6-13(18)16-17/h2-7H,1,8-10,15H2,(H,16,18). The Morgan fingerprint density at radius 1 is 1.10 bits per heavy atom. The molecule has 0 fully saturated rings. The van der Waals surface area contributed by atoms with Crippen molar-refractivity contribution >= 4 is 0 Å². The first-order valence-electron chi connectivity index (χ1n) is 6.41. The predicted octanol–water partition coefficient (Wildman–Crippen LogP) is 0.464. The lowest BCUT2D eigenvalue weighted by atomic mass is 10.2. The summed E-state index contributed by atoms with van der Waals surface area (Å²) in [5, 5.41) is 2.47. The van der Waals surface area contributed by atoms with E-state index in [4.69, 9.17) is 10.5 Å². The highest BCUT2D eigenvalue weighted by atomic mass is 16.5. The SMILES string of the molecule is NCc1ccc(OCCCn2[nH]c(=O)ccc2=O)cc1. The maximum atomic E-state index is 11.4. The Morgan fingerprint density at radius 3 is 2.55 bits per heavy atom. The molecule has 0 saturated carbocycles. The largest absolute Gasteiger partial charge is 0.494 e. The number of H-pyrrole nitrogens is 1. The monoisotopic (exact) mass is 275 g/mol. The molecule has 0 unspecified atom stereocenters. The Hall–Kier alpha value is -2.34. The lowest BCUT2D eigenvalue weighted by molar-refractivity contribution is 0.296. The Bertz CT molecular complexity index is 658. The molecule has 0 atom stereocenters. The van der Waals surface area contributed by atoms with Crippen LogP contribution in [0.5, 0.6) is 5.75 Å². The van der Waals surface area contributed by atoms with Crippen LogP contribution in [0.4, 0.5) is 0 Å². The third kappa shape index (κ3) is 3.83. The molecule has 106 valence electrons. The van der Waals surface area contributed by atoms with E-state index in [9.17, 15) is 9.59 Å². The number of hydrogen-bond acceptors (Lipinski definition) is 4. The van der Waals surface area contributed by atoms with Crippen LogP contribution in [0.2, 0.25) is 0 Å². The fourth-order valence-corrected chi connectivity index (χ4v) is 1.76.